The van der Waals surface area contributed by atoms with E-state index in [1.165, 1.54) is 10.4 Å². The highest BCUT2D eigenvalue weighted by Gasteiger charge is 2.34. The van der Waals surface area contributed by atoms with Crippen LogP contribution in [-0.4, -0.2) is 49.6 Å². The molecule has 1 saturated heterocycles. The molecule has 1 aliphatic rings. The highest BCUT2D eigenvalue weighted by Crippen LogP contribution is 2.28. The second-order valence-electron chi connectivity index (χ2n) is 4.54. The number of nitrogens with zero attached hydrogens (tertiary/aromatic N) is 1. The number of carboxylic acid groups (broad SMARTS) is 1. The van der Waals surface area contributed by atoms with Crippen LogP contribution in [-0.2, 0) is 26.0 Å². The molecule has 1 aromatic heterocycles. The van der Waals surface area contributed by atoms with Crippen molar-refractivity contribution in [2.24, 2.45) is 0 Å². The number of morpholine rings is 1. The zero-order valence-electron chi connectivity index (χ0n) is 11.1. The van der Waals surface area contributed by atoms with E-state index in [1.54, 1.807) is 6.07 Å². The van der Waals surface area contributed by atoms with E-state index in [1.807, 2.05) is 6.92 Å². The number of rotatable bonds is 5. The Morgan fingerprint density at radius 3 is 2.95 bits per heavy atom. The molecule has 0 bridgehead atoms. The molecule has 2 heterocycles. The molecule has 1 N–H and O–H groups in total. The monoisotopic (exact) mass is 319 g/mol. The Morgan fingerprint density at radius 2 is 2.30 bits per heavy atom. The molecule has 0 amide bonds. The van der Waals surface area contributed by atoms with E-state index < -0.39 is 16.0 Å². The third-order valence-electron chi connectivity index (χ3n) is 3.17. The second kappa shape index (κ2) is 6.21. The summed E-state index contributed by atoms with van der Waals surface area (Å²) >= 11 is 1.02. The Labute approximate surface area is 122 Å². The van der Waals surface area contributed by atoms with Gasteiger partial charge in [0.05, 0.1) is 19.6 Å². The van der Waals surface area contributed by atoms with Crippen LogP contribution >= 0.6 is 11.3 Å². The van der Waals surface area contributed by atoms with Gasteiger partial charge in [-0.1, -0.05) is 6.92 Å². The molecule has 1 unspecified atom stereocenters. The summed E-state index contributed by atoms with van der Waals surface area (Å²) in [7, 11) is -3.56. The van der Waals surface area contributed by atoms with E-state index in [-0.39, 0.29) is 16.7 Å². The van der Waals surface area contributed by atoms with Gasteiger partial charge in [-0.2, -0.15) is 4.31 Å². The molecule has 6 nitrogen and oxygen atoms in total. The first-order valence-corrected chi connectivity index (χ1v) is 8.61. The van der Waals surface area contributed by atoms with Crippen molar-refractivity contribution in [3.05, 3.63) is 17.0 Å². The largest absolute Gasteiger partial charge is 0.481 e. The molecule has 0 aliphatic carbocycles. The summed E-state index contributed by atoms with van der Waals surface area (Å²) in [4.78, 5) is 11.2. The fraction of sp³-hybridized carbons (Fsp3) is 0.583. The maximum absolute atomic E-state index is 12.6. The summed E-state index contributed by atoms with van der Waals surface area (Å²) in [6.07, 6.45) is 0.535. The number of aliphatic carboxylic acids is 1. The molecule has 1 atom stereocenters. The van der Waals surface area contributed by atoms with Gasteiger partial charge < -0.3 is 9.84 Å². The average molecular weight is 319 g/mol. The second-order valence-corrected chi connectivity index (χ2v) is 7.83. The molecule has 20 heavy (non-hydrogen) atoms. The van der Waals surface area contributed by atoms with Crippen LogP contribution in [0.1, 0.15) is 18.2 Å². The predicted octanol–water partition coefficient (Wildman–Crippen LogP) is 1.17. The minimum atomic E-state index is -3.56. The number of carboxylic acids is 1. The van der Waals surface area contributed by atoms with Crippen LogP contribution in [0.5, 0.6) is 0 Å². The Morgan fingerprint density at radius 1 is 1.55 bits per heavy atom. The van der Waals surface area contributed by atoms with Crippen molar-refractivity contribution in [1.82, 2.24) is 4.31 Å². The number of thiophene rings is 1. The van der Waals surface area contributed by atoms with Crippen molar-refractivity contribution < 1.29 is 23.1 Å². The lowest BCUT2D eigenvalue weighted by atomic mass is 10.2. The number of hydrogen-bond acceptors (Lipinski definition) is 5. The lowest BCUT2D eigenvalue weighted by molar-refractivity contribution is -0.136. The molecule has 2 rings (SSSR count). The van der Waals surface area contributed by atoms with Crippen LogP contribution in [0.2, 0.25) is 0 Å². The van der Waals surface area contributed by atoms with Crippen molar-refractivity contribution in [1.29, 1.82) is 0 Å². The van der Waals surface area contributed by atoms with Gasteiger partial charge in [-0.25, -0.2) is 8.42 Å². The Hall–Kier alpha value is -0.960. The van der Waals surface area contributed by atoms with Crippen molar-refractivity contribution in [2.45, 2.75) is 30.0 Å². The van der Waals surface area contributed by atoms with E-state index in [9.17, 15) is 13.2 Å². The summed E-state index contributed by atoms with van der Waals surface area (Å²) in [5.41, 5.74) is 0. The average Bonchev–Trinajstić information content (AvgIpc) is 2.87. The van der Waals surface area contributed by atoms with E-state index in [0.29, 0.717) is 31.1 Å². The van der Waals surface area contributed by atoms with Gasteiger partial charge in [-0.15, -0.1) is 11.3 Å². The number of ether oxygens (including phenoxy) is 1. The van der Waals surface area contributed by atoms with Crippen molar-refractivity contribution in [3.8, 4) is 0 Å². The molecule has 112 valence electrons. The molecule has 0 spiro atoms. The molecule has 0 aromatic carbocycles. The minimum absolute atomic E-state index is 0.152. The lowest BCUT2D eigenvalue weighted by Crippen LogP contribution is -2.48. The third-order valence-corrected chi connectivity index (χ3v) is 6.67. The van der Waals surface area contributed by atoms with Gasteiger partial charge in [0.2, 0.25) is 0 Å². The topological polar surface area (TPSA) is 83.9 Å². The van der Waals surface area contributed by atoms with E-state index in [0.717, 1.165) is 11.3 Å². The minimum Gasteiger partial charge on any atom is -0.481 e. The highest BCUT2D eigenvalue weighted by molar-refractivity contribution is 7.91. The number of carbonyl (C=O) groups is 1. The fourth-order valence-electron chi connectivity index (χ4n) is 2.13. The molecule has 8 heteroatoms. The van der Waals surface area contributed by atoms with Gasteiger partial charge in [0.15, 0.2) is 0 Å². The van der Waals surface area contributed by atoms with Crippen molar-refractivity contribution >= 4 is 27.3 Å². The van der Waals surface area contributed by atoms with Crippen LogP contribution in [0.4, 0.5) is 0 Å². The zero-order chi connectivity index (χ0) is 14.8. The standard InChI is InChI=1S/C12H17NO5S2/c1-2-9-8-18-6-5-13(9)20(16,17)12-4-3-10(19-12)7-11(14)15/h3-4,9H,2,5-8H2,1H3,(H,14,15). The molecule has 1 aromatic rings. The fourth-order valence-corrected chi connectivity index (χ4v) is 5.28. The first-order valence-electron chi connectivity index (χ1n) is 6.35. The van der Waals surface area contributed by atoms with Gasteiger partial charge >= 0.3 is 5.97 Å². The van der Waals surface area contributed by atoms with E-state index in [2.05, 4.69) is 0 Å². The maximum Gasteiger partial charge on any atom is 0.308 e. The van der Waals surface area contributed by atoms with Crippen molar-refractivity contribution in [2.75, 3.05) is 19.8 Å². The third kappa shape index (κ3) is 3.20. The zero-order valence-corrected chi connectivity index (χ0v) is 12.7. The molecule has 1 fully saturated rings. The van der Waals surface area contributed by atoms with Crippen LogP contribution in [0, 0.1) is 0 Å². The Kier molecular flexibility index (Phi) is 4.79. The Balaban J connectivity index is 2.24. The summed E-state index contributed by atoms with van der Waals surface area (Å²) in [6.45, 7) is 3.06. The summed E-state index contributed by atoms with van der Waals surface area (Å²) < 4.78 is 32.2. The van der Waals surface area contributed by atoms with Crippen molar-refractivity contribution in [3.63, 3.8) is 0 Å². The molecule has 0 radical (unpaired) electrons. The van der Waals surface area contributed by atoms with E-state index >= 15 is 0 Å². The summed E-state index contributed by atoms with van der Waals surface area (Å²) in [5, 5.41) is 8.74. The first kappa shape index (κ1) is 15.4. The smallest absolute Gasteiger partial charge is 0.308 e. The van der Waals surface area contributed by atoms with Gasteiger partial charge in [-0.3, -0.25) is 4.79 Å². The quantitative estimate of drug-likeness (QED) is 0.881. The van der Waals surface area contributed by atoms with Crippen LogP contribution in [0.15, 0.2) is 16.3 Å². The highest BCUT2D eigenvalue weighted by atomic mass is 32.2. The van der Waals surface area contributed by atoms with Gasteiger partial charge in [0.1, 0.15) is 4.21 Å². The molecular weight excluding hydrogens is 302 g/mol. The normalized spacial score (nSPS) is 20.9. The van der Waals surface area contributed by atoms with Crippen LogP contribution < -0.4 is 0 Å². The predicted molar refractivity (Wildman–Crippen MR) is 74.4 cm³/mol. The number of hydrogen-bond donors (Lipinski definition) is 1. The SMILES string of the molecule is CCC1COCCN1S(=O)(=O)c1ccc(CC(=O)O)s1. The van der Waals surface area contributed by atoms with Gasteiger partial charge in [-0.05, 0) is 18.6 Å². The van der Waals surface area contributed by atoms with Gasteiger partial charge in [0, 0.05) is 17.5 Å². The molecular formula is C12H17NO5S2. The summed E-state index contributed by atoms with van der Waals surface area (Å²) in [6, 6.07) is 2.90. The van der Waals surface area contributed by atoms with Gasteiger partial charge in [0.25, 0.3) is 10.0 Å². The molecule has 1 aliphatic heterocycles. The number of sulfonamides is 1. The Bertz CT molecular complexity index is 580. The van der Waals surface area contributed by atoms with E-state index in [4.69, 9.17) is 9.84 Å². The lowest BCUT2D eigenvalue weighted by Gasteiger charge is -2.33. The maximum atomic E-state index is 12.6. The summed E-state index contributed by atoms with van der Waals surface area (Å²) in [5.74, 6) is -0.964. The molecule has 0 saturated carbocycles. The van der Waals surface area contributed by atoms with Crippen LogP contribution in [0.25, 0.3) is 0 Å². The first-order chi connectivity index (χ1) is 9.45. The van der Waals surface area contributed by atoms with Crippen LogP contribution in [0.3, 0.4) is 0 Å².